The first-order valence-corrected chi connectivity index (χ1v) is 6.72. The molecule has 1 atom stereocenters. The van der Waals surface area contributed by atoms with E-state index in [0.29, 0.717) is 0 Å². The van der Waals surface area contributed by atoms with E-state index in [2.05, 4.69) is 45.3 Å². The number of halogens is 1. The van der Waals surface area contributed by atoms with Crippen LogP contribution in [0, 0.1) is 11.3 Å². The molecule has 0 aromatic carbocycles. The minimum atomic E-state index is -0.118. The fourth-order valence-corrected chi connectivity index (χ4v) is 2.88. The van der Waals surface area contributed by atoms with Crippen LogP contribution in [-0.2, 0) is 4.79 Å². The number of nitrogens with one attached hydrogen (secondary N) is 2. The molecule has 108 valence electrons. The Morgan fingerprint density at radius 1 is 1.28 bits per heavy atom. The maximum Gasteiger partial charge on any atom is 0.224 e. The summed E-state index contributed by atoms with van der Waals surface area (Å²) < 4.78 is 0. The summed E-state index contributed by atoms with van der Waals surface area (Å²) in [6.07, 6.45) is 3.12. The molecule has 1 heterocycles. The van der Waals surface area contributed by atoms with Crippen molar-refractivity contribution in [3.63, 3.8) is 0 Å². The van der Waals surface area contributed by atoms with Crippen LogP contribution in [0.4, 0.5) is 0 Å². The van der Waals surface area contributed by atoms with Crippen molar-refractivity contribution in [3.05, 3.63) is 0 Å². The van der Waals surface area contributed by atoms with Gasteiger partial charge in [0.1, 0.15) is 0 Å². The molecule has 1 amide bonds. The van der Waals surface area contributed by atoms with Crippen LogP contribution in [0.25, 0.3) is 0 Å². The van der Waals surface area contributed by atoms with Crippen LogP contribution in [0.2, 0.25) is 0 Å². The van der Waals surface area contributed by atoms with Gasteiger partial charge in [-0.15, -0.1) is 12.4 Å². The van der Waals surface area contributed by atoms with Crippen molar-refractivity contribution in [2.24, 2.45) is 11.3 Å². The molecule has 0 aliphatic carbocycles. The van der Waals surface area contributed by atoms with Gasteiger partial charge in [0.2, 0.25) is 5.91 Å². The summed E-state index contributed by atoms with van der Waals surface area (Å²) in [7, 11) is 0. The molecular formula is C14H29ClN2O. The first-order valence-electron chi connectivity index (χ1n) is 6.72. The molecule has 0 unspecified atom stereocenters. The summed E-state index contributed by atoms with van der Waals surface area (Å²) in [5.74, 6) is 0.370. The fourth-order valence-electron chi connectivity index (χ4n) is 2.88. The van der Waals surface area contributed by atoms with Crippen molar-refractivity contribution >= 4 is 18.3 Å². The fraction of sp³-hybridized carbons (Fsp3) is 0.929. The largest absolute Gasteiger partial charge is 0.351 e. The standard InChI is InChI=1S/C14H28N2O.ClH/c1-13(2,3)10-14(4,5)16-12(17)11-7-6-8-15-9-11;/h11,15H,6-10H2,1-5H3,(H,16,17);1H/t11-;/m1./s1. The molecule has 18 heavy (non-hydrogen) atoms. The minimum Gasteiger partial charge on any atom is -0.351 e. The molecule has 0 saturated carbocycles. The van der Waals surface area contributed by atoms with Crippen molar-refractivity contribution in [1.82, 2.24) is 10.6 Å². The quantitative estimate of drug-likeness (QED) is 0.832. The average Bonchev–Trinajstić information content (AvgIpc) is 2.14. The second-order valence-electron chi connectivity index (χ2n) is 7.15. The maximum absolute atomic E-state index is 12.1. The summed E-state index contributed by atoms with van der Waals surface area (Å²) in [4.78, 5) is 12.1. The van der Waals surface area contributed by atoms with Crippen LogP contribution in [0.1, 0.15) is 53.9 Å². The summed E-state index contributed by atoms with van der Waals surface area (Å²) in [5.41, 5.74) is 0.119. The van der Waals surface area contributed by atoms with E-state index >= 15 is 0 Å². The van der Waals surface area contributed by atoms with Gasteiger partial charge in [-0.2, -0.15) is 0 Å². The van der Waals surface area contributed by atoms with E-state index in [-0.39, 0.29) is 35.2 Å². The van der Waals surface area contributed by atoms with E-state index in [1.54, 1.807) is 0 Å². The van der Waals surface area contributed by atoms with E-state index in [4.69, 9.17) is 0 Å². The van der Waals surface area contributed by atoms with Crippen molar-refractivity contribution in [2.45, 2.75) is 59.4 Å². The molecule has 0 spiro atoms. The highest BCUT2D eigenvalue weighted by atomic mass is 35.5. The third-order valence-corrected chi connectivity index (χ3v) is 3.10. The Morgan fingerprint density at radius 2 is 1.89 bits per heavy atom. The highest BCUT2D eigenvalue weighted by molar-refractivity contribution is 5.85. The summed E-state index contributed by atoms with van der Waals surface area (Å²) in [6, 6.07) is 0. The van der Waals surface area contributed by atoms with Gasteiger partial charge < -0.3 is 10.6 Å². The molecule has 0 radical (unpaired) electrons. The number of amides is 1. The van der Waals surface area contributed by atoms with Crippen LogP contribution >= 0.6 is 12.4 Å². The molecule has 1 rings (SSSR count). The van der Waals surface area contributed by atoms with Gasteiger partial charge in [0.15, 0.2) is 0 Å². The Labute approximate surface area is 118 Å². The molecule has 0 aromatic rings. The average molecular weight is 277 g/mol. The minimum absolute atomic E-state index is 0. The zero-order chi connectivity index (χ0) is 13.1. The number of rotatable bonds is 3. The Hall–Kier alpha value is -0.280. The number of carbonyl (C=O) groups is 1. The maximum atomic E-state index is 12.1. The van der Waals surface area contributed by atoms with E-state index in [0.717, 1.165) is 32.4 Å². The lowest BCUT2D eigenvalue weighted by molar-refractivity contribution is -0.127. The van der Waals surface area contributed by atoms with E-state index < -0.39 is 0 Å². The van der Waals surface area contributed by atoms with Crippen LogP contribution in [-0.4, -0.2) is 24.5 Å². The van der Waals surface area contributed by atoms with Crippen molar-refractivity contribution in [2.75, 3.05) is 13.1 Å². The zero-order valence-electron chi connectivity index (χ0n) is 12.4. The Morgan fingerprint density at radius 3 is 2.33 bits per heavy atom. The molecule has 1 aliphatic heterocycles. The number of carbonyl (C=O) groups excluding carboxylic acids is 1. The van der Waals surface area contributed by atoms with E-state index in [9.17, 15) is 4.79 Å². The number of piperidine rings is 1. The van der Waals surface area contributed by atoms with Gasteiger partial charge >= 0.3 is 0 Å². The molecule has 1 saturated heterocycles. The first-order chi connectivity index (χ1) is 7.70. The normalized spacial score (nSPS) is 21.1. The lowest BCUT2D eigenvalue weighted by atomic mass is 9.81. The highest BCUT2D eigenvalue weighted by Crippen LogP contribution is 2.27. The van der Waals surface area contributed by atoms with Crippen LogP contribution in [0.3, 0.4) is 0 Å². The SMILES string of the molecule is CC(C)(C)CC(C)(C)NC(=O)[C@@H]1CCCNC1.Cl. The van der Waals surface area contributed by atoms with Crippen LogP contribution in [0.15, 0.2) is 0 Å². The van der Waals surface area contributed by atoms with E-state index in [1.165, 1.54) is 0 Å². The number of hydrogen-bond acceptors (Lipinski definition) is 2. The van der Waals surface area contributed by atoms with E-state index in [1.807, 2.05) is 0 Å². The topological polar surface area (TPSA) is 41.1 Å². The molecule has 1 aliphatic rings. The van der Waals surface area contributed by atoms with Crippen molar-refractivity contribution in [1.29, 1.82) is 0 Å². The summed E-state index contributed by atoms with van der Waals surface area (Å²) in [6.45, 7) is 12.8. The molecule has 2 N–H and O–H groups in total. The van der Waals surface area contributed by atoms with Crippen molar-refractivity contribution < 1.29 is 4.79 Å². The van der Waals surface area contributed by atoms with Gasteiger partial charge in [-0.3, -0.25) is 4.79 Å². The molecule has 4 heteroatoms. The van der Waals surface area contributed by atoms with Gasteiger partial charge in [-0.25, -0.2) is 0 Å². The third kappa shape index (κ3) is 6.60. The first kappa shape index (κ1) is 17.7. The lowest BCUT2D eigenvalue weighted by Gasteiger charge is -2.35. The summed E-state index contributed by atoms with van der Waals surface area (Å²) >= 11 is 0. The second-order valence-corrected chi connectivity index (χ2v) is 7.15. The number of hydrogen-bond donors (Lipinski definition) is 2. The van der Waals surface area contributed by atoms with Gasteiger partial charge in [-0.05, 0) is 45.1 Å². The van der Waals surface area contributed by atoms with Crippen LogP contribution in [0.5, 0.6) is 0 Å². The molecule has 3 nitrogen and oxygen atoms in total. The van der Waals surface area contributed by atoms with Crippen LogP contribution < -0.4 is 10.6 Å². The molecule has 0 aromatic heterocycles. The van der Waals surface area contributed by atoms with Gasteiger partial charge in [0.05, 0.1) is 5.92 Å². The Balaban J connectivity index is 0.00000289. The van der Waals surface area contributed by atoms with Gasteiger partial charge in [0, 0.05) is 12.1 Å². The van der Waals surface area contributed by atoms with Gasteiger partial charge in [-0.1, -0.05) is 20.8 Å². The van der Waals surface area contributed by atoms with Gasteiger partial charge in [0.25, 0.3) is 0 Å². The predicted octanol–water partition coefficient (Wildman–Crippen LogP) is 2.74. The molecule has 0 bridgehead atoms. The zero-order valence-corrected chi connectivity index (χ0v) is 13.2. The lowest BCUT2D eigenvalue weighted by Crippen LogP contribution is -2.50. The monoisotopic (exact) mass is 276 g/mol. The second kappa shape index (κ2) is 6.76. The molecular weight excluding hydrogens is 248 g/mol. The Kier molecular flexibility index (Phi) is 6.66. The Bertz CT molecular complexity index is 265. The highest BCUT2D eigenvalue weighted by Gasteiger charge is 2.30. The summed E-state index contributed by atoms with van der Waals surface area (Å²) in [5, 5.41) is 6.49. The molecule has 1 fully saturated rings. The van der Waals surface area contributed by atoms with Crippen molar-refractivity contribution in [3.8, 4) is 0 Å². The third-order valence-electron chi connectivity index (χ3n) is 3.10. The predicted molar refractivity (Wildman–Crippen MR) is 79.1 cm³/mol. The smallest absolute Gasteiger partial charge is 0.224 e.